The summed E-state index contributed by atoms with van der Waals surface area (Å²) in [5.74, 6) is -0.330. The van der Waals surface area contributed by atoms with Gasteiger partial charge in [0.15, 0.2) is 0 Å². The topological polar surface area (TPSA) is 51.8 Å². The molecule has 0 aromatic carbocycles. The summed E-state index contributed by atoms with van der Waals surface area (Å²) in [7, 11) is 0. The molecule has 0 aliphatic heterocycles. The average molecular weight is 291 g/mol. The summed E-state index contributed by atoms with van der Waals surface area (Å²) in [6.07, 6.45) is 8.07. The van der Waals surface area contributed by atoms with Crippen LogP contribution in [-0.2, 0) is 5.54 Å². The molecule has 0 saturated heterocycles. The first-order chi connectivity index (χ1) is 9.67. The zero-order valence-corrected chi connectivity index (χ0v) is 12.1. The van der Waals surface area contributed by atoms with E-state index >= 15 is 0 Å². The maximum absolute atomic E-state index is 12.9. The van der Waals surface area contributed by atoms with Crippen LogP contribution in [0.3, 0.4) is 0 Å². The molecule has 1 saturated carbocycles. The normalized spacial score (nSPS) is 18.7. The van der Waals surface area contributed by atoms with E-state index in [-0.39, 0.29) is 11.4 Å². The minimum atomic E-state index is -0.330. The second kappa shape index (κ2) is 5.58. The number of nitrogens with two attached hydrogens (primary N) is 1. The summed E-state index contributed by atoms with van der Waals surface area (Å²) in [4.78, 5) is 8.73. The fourth-order valence-corrected chi connectivity index (χ4v) is 3.71. The van der Waals surface area contributed by atoms with Crippen LogP contribution in [0.2, 0.25) is 0 Å². The van der Waals surface area contributed by atoms with E-state index < -0.39 is 0 Å². The first kappa shape index (κ1) is 13.6. The van der Waals surface area contributed by atoms with E-state index in [9.17, 15) is 4.39 Å². The number of hydrogen-bond donors (Lipinski definition) is 1. The Kier molecular flexibility index (Phi) is 3.81. The molecule has 1 fully saturated rings. The molecule has 2 heterocycles. The Morgan fingerprint density at radius 1 is 1.10 bits per heavy atom. The van der Waals surface area contributed by atoms with Gasteiger partial charge in [0, 0.05) is 5.38 Å². The van der Waals surface area contributed by atoms with Gasteiger partial charge in [-0.1, -0.05) is 25.7 Å². The first-order valence-electron chi connectivity index (χ1n) is 7.04. The fourth-order valence-electron chi connectivity index (χ4n) is 2.72. The third kappa shape index (κ3) is 2.74. The van der Waals surface area contributed by atoms with Gasteiger partial charge in [-0.15, -0.1) is 11.3 Å². The number of halogens is 1. The van der Waals surface area contributed by atoms with Crippen LogP contribution in [0.15, 0.2) is 23.7 Å². The Hall–Kier alpha value is -1.33. The molecule has 2 aromatic rings. The Labute approximate surface area is 122 Å². The van der Waals surface area contributed by atoms with Crippen molar-refractivity contribution in [2.45, 2.75) is 44.1 Å². The SMILES string of the molecule is NC1(c2nc(-c3ccc(F)cn3)cs2)CCCCCC1. The summed E-state index contributed by atoms with van der Waals surface area (Å²) in [6.45, 7) is 0. The minimum absolute atomic E-state index is 0.292. The summed E-state index contributed by atoms with van der Waals surface area (Å²) >= 11 is 1.59. The monoisotopic (exact) mass is 291 g/mol. The van der Waals surface area contributed by atoms with E-state index in [1.165, 1.54) is 37.9 Å². The number of nitrogens with zero attached hydrogens (tertiary/aromatic N) is 2. The Balaban J connectivity index is 1.87. The van der Waals surface area contributed by atoms with Crippen molar-refractivity contribution in [2.24, 2.45) is 5.73 Å². The van der Waals surface area contributed by atoms with E-state index in [1.54, 1.807) is 17.4 Å². The molecular weight excluding hydrogens is 273 g/mol. The van der Waals surface area contributed by atoms with E-state index in [4.69, 9.17) is 5.73 Å². The van der Waals surface area contributed by atoms with Gasteiger partial charge in [0.1, 0.15) is 10.8 Å². The quantitative estimate of drug-likeness (QED) is 0.855. The highest BCUT2D eigenvalue weighted by Gasteiger charge is 2.31. The first-order valence-corrected chi connectivity index (χ1v) is 7.92. The van der Waals surface area contributed by atoms with Crippen molar-refractivity contribution in [2.75, 3.05) is 0 Å². The average Bonchev–Trinajstić information content (AvgIpc) is 2.84. The molecule has 2 N–H and O–H groups in total. The molecule has 0 atom stereocenters. The fraction of sp³-hybridized carbons (Fsp3) is 0.467. The van der Waals surface area contributed by atoms with E-state index in [2.05, 4.69) is 9.97 Å². The largest absolute Gasteiger partial charge is 0.319 e. The van der Waals surface area contributed by atoms with Gasteiger partial charge in [-0.3, -0.25) is 4.98 Å². The third-order valence-corrected chi connectivity index (χ3v) is 4.98. The van der Waals surface area contributed by atoms with E-state index in [1.807, 2.05) is 5.38 Å². The van der Waals surface area contributed by atoms with Crippen LogP contribution < -0.4 is 5.73 Å². The molecule has 1 aliphatic carbocycles. The molecule has 0 amide bonds. The summed E-state index contributed by atoms with van der Waals surface area (Å²) in [6, 6.07) is 3.07. The third-order valence-electron chi connectivity index (χ3n) is 3.92. The molecule has 3 nitrogen and oxygen atoms in total. The highest BCUT2D eigenvalue weighted by atomic mass is 32.1. The predicted molar refractivity (Wildman–Crippen MR) is 78.9 cm³/mol. The summed E-state index contributed by atoms with van der Waals surface area (Å²) < 4.78 is 12.9. The van der Waals surface area contributed by atoms with Gasteiger partial charge in [-0.05, 0) is 25.0 Å². The van der Waals surface area contributed by atoms with Gasteiger partial charge in [0.2, 0.25) is 0 Å². The van der Waals surface area contributed by atoms with Gasteiger partial charge < -0.3 is 5.73 Å². The molecule has 20 heavy (non-hydrogen) atoms. The molecule has 3 rings (SSSR count). The lowest BCUT2D eigenvalue weighted by Crippen LogP contribution is -2.35. The predicted octanol–water partition coefficient (Wildman–Crippen LogP) is 3.85. The minimum Gasteiger partial charge on any atom is -0.319 e. The highest BCUT2D eigenvalue weighted by molar-refractivity contribution is 7.10. The number of thiazole rings is 1. The van der Waals surface area contributed by atoms with Crippen LogP contribution in [0.5, 0.6) is 0 Å². The van der Waals surface area contributed by atoms with Crippen molar-refractivity contribution in [3.8, 4) is 11.4 Å². The smallest absolute Gasteiger partial charge is 0.141 e. The van der Waals surface area contributed by atoms with Crippen LogP contribution in [0.4, 0.5) is 4.39 Å². The lowest BCUT2D eigenvalue weighted by Gasteiger charge is -2.25. The van der Waals surface area contributed by atoms with Gasteiger partial charge in [0.25, 0.3) is 0 Å². The maximum Gasteiger partial charge on any atom is 0.141 e. The number of rotatable bonds is 2. The lowest BCUT2D eigenvalue weighted by atomic mass is 9.92. The molecule has 0 unspecified atom stereocenters. The molecule has 106 valence electrons. The molecule has 0 spiro atoms. The van der Waals surface area contributed by atoms with Gasteiger partial charge >= 0.3 is 0 Å². The lowest BCUT2D eigenvalue weighted by molar-refractivity contribution is 0.384. The standard InChI is InChI=1S/C15H18FN3S/c16-11-5-6-12(18-9-11)13-10-20-14(19-13)15(17)7-3-1-2-4-8-15/h5-6,9-10H,1-4,7-8,17H2. The highest BCUT2D eigenvalue weighted by Crippen LogP contribution is 2.36. The van der Waals surface area contributed by atoms with Crippen molar-refractivity contribution in [1.82, 2.24) is 9.97 Å². The molecule has 0 bridgehead atoms. The van der Waals surface area contributed by atoms with Crippen LogP contribution in [0.25, 0.3) is 11.4 Å². The summed E-state index contributed by atoms with van der Waals surface area (Å²) in [5, 5.41) is 2.95. The zero-order chi connectivity index (χ0) is 14.0. The van der Waals surface area contributed by atoms with Gasteiger partial charge in [-0.2, -0.15) is 0 Å². The molecule has 1 aliphatic rings. The zero-order valence-electron chi connectivity index (χ0n) is 11.3. The Morgan fingerprint density at radius 3 is 2.50 bits per heavy atom. The second-order valence-electron chi connectivity index (χ2n) is 5.47. The summed E-state index contributed by atoms with van der Waals surface area (Å²) in [5.41, 5.74) is 7.76. The number of hydrogen-bond acceptors (Lipinski definition) is 4. The van der Waals surface area contributed by atoms with Crippen molar-refractivity contribution < 1.29 is 4.39 Å². The van der Waals surface area contributed by atoms with Crippen molar-refractivity contribution >= 4 is 11.3 Å². The second-order valence-corrected chi connectivity index (χ2v) is 6.33. The molecular formula is C15H18FN3S. The van der Waals surface area contributed by atoms with Crippen LogP contribution in [0.1, 0.15) is 43.5 Å². The molecule has 2 aromatic heterocycles. The van der Waals surface area contributed by atoms with E-state index in [0.717, 1.165) is 23.5 Å². The number of pyridine rings is 1. The maximum atomic E-state index is 12.9. The Morgan fingerprint density at radius 2 is 1.85 bits per heavy atom. The van der Waals surface area contributed by atoms with E-state index in [0.29, 0.717) is 5.69 Å². The molecule has 0 radical (unpaired) electrons. The van der Waals surface area contributed by atoms with Crippen molar-refractivity contribution in [3.05, 3.63) is 34.5 Å². The van der Waals surface area contributed by atoms with Crippen molar-refractivity contribution in [1.29, 1.82) is 0 Å². The van der Waals surface area contributed by atoms with Crippen LogP contribution >= 0.6 is 11.3 Å². The Bertz CT molecular complexity index is 571. The van der Waals surface area contributed by atoms with Crippen LogP contribution in [0, 0.1) is 5.82 Å². The van der Waals surface area contributed by atoms with Crippen molar-refractivity contribution in [3.63, 3.8) is 0 Å². The van der Waals surface area contributed by atoms with Gasteiger partial charge in [-0.25, -0.2) is 9.37 Å². The van der Waals surface area contributed by atoms with Gasteiger partial charge in [0.05, 0.1) is 23.1 Å². The molecule has 5 heteroatoms. The van der Waals surface area contributed by atoms with Crippen LogP contribution in [-0.4, -0.2) is 9.97 Å². The number of aromatic nitrogens is 2.